The average Bonchev–Trinajstić information content (AvgIpc) is 2.44. The number of nitrogens with zero attached hydrogens (tertiary/aromatic N) is 1. The van der Waals surface area contributed by atoms with Crippen LogP contribution in [-0.2, 0) is 4.79 Å². The van der Waals surface area contributed by atoms with Gasteiger partial charge in [-0.25, -0.2) is 0 Å². The molecule has 0 fully saturated rings. The molecule has 5 nitrogen and oxygen atoms in total. The van der Waals surface area contributed by atoms with Crippen LogP contribution in [0.5, 0.6) is 11.5 Å². The second-order valence-electron chi connectivity index (χ2n) is 4.39. The summed E-state index contributed by atoms with van der Waals surface area (Å²) in [7, 11) is 1.61. The Morgan fingerprint density at radius 1 is 1.35 bits per heavy atom. The number of benzene rings is 1. The van der Waals surface area contributed by atoms with E-state index in [9.17, 15) is 4.79 Å². The lowest BCUT2D eigenvalue weighted by molar-refractivity contribution is -0.122. The molecule has 2 rings (SSSR count). The van der Waals surface area contributed by atoms with E-state index in [4.69, 9.17) is 9.47 Å². The minimum Gasteiger partial charge on any atom is -0.497 e. The molecule has 1 N–H and O–H groups in total. The zero-order valence-corrected chi connectivity index (χ0v) is 11.9. The maximum absolute atomic E-state index is 11.5. The molecule has 0 aliphatic heterocycles. The maximum Gasteiger partial charge on any atom is 0.257 e. The van der Waals surface area contributed by atoms with Crippen molar-refractivity contribution in [2.75, 3.05) is 20.3 Å². The van der Waals surface area contributed by atoms with Crippen molar-refractivity contribution in [1.29, 1.82) is 0 Å². The van der Waals surface area contributed by atoms with Gasteiger partial charge in [-0.2, -0.15) is 0 Å². The highest BCUT2D eigenvalue weighted by Gasteiger charge is 2.08. The Morgan fingerprint density at radius 2 is 2.15 bits per heavy atom. The number of ether oxygens (including phenoxy) is 2. The van der Waals surface area contributed by atoms with Gasteiger partial charge in [-0.15, -0.1) is 0 Å². The van der Waals surface area contributed by atoms with Crippen LogP contribution < -0.4 is 14.8 Å². The van der Waals surface area contributed by atoms with E-state index in [0.29, 0.717) is 12.3 Å². The summed E-state index contributed by atoms with van der Waals surface area (Å²) in [5.41, 5.74) is 1.62. The lowest BCUT2D eigenvalue weighted by Crippen LogP contribution is -2.28. The van der Waals surface area contributed by atoms with Crippen molar-refractivity contribution in [3.05, 3.63) is 30.0 Å². The summed E-state index contributed by atoms with van der Waals surface area (Å²) < 4.78 is 10.8. The Hall–Kier alpha value is -2.30. The second-order valence-corrected chi connectivity index (χ2v) is 4.39. The van der Waals surface area contributed by atoms with Gasteiger partial charge in [-0.05, 0) is 26.0 Å². The lowest BCUT2D eigenvalue weighted by atomic mass is 10.1. The molecule has 0 saturated carbocycles. The number of carbonyl (C=O) groups is 1. The molecule has 2 aromatic rings. The molecule has 0 aliphatic rings. The molecule has 5 heteroatoms. The van der Waals surface area contributed by atoms with E-state index in [1.54, 1.807) is 7.11 Å². The summed E-state index contributed by atoms with van der Waals surface area (Å²) in [6.07, 6.45) is 0. The Labute approximate surface area is 117 Å². The largest absolute Gasteiger partial charge is 0.497 e. The van der Waals surface area contributed by atoms with E-state index in [-0.39, 0.29) is 12.5 Å². The summed E-state index contributed by atoms with van der Waals surface area (Å²) >= 11 is 0. The zero-order chi connectivity index (χ0) is 14.5. The number of amides is 1. The van der Waals surface area contributed by atoms with Gasteiger partial charge in [0, 0.05) is 29.8 Å². The first-order valence-electron chi connectivity index (χ1n) is 6.49. The van der Waals surface area contributed by atoms with Gasteiger partial charge in [0.1, 0.15) is 11.5 Å². The van der Waals surface area contributed by atoms with Crippen LogP contribution in [0.3, 0.4) is 0 Å². The minimum atomic E-state index is -0.136. The third kappa shape index (κ3) is 3.17. The monoisotopic (exact) mass is 274 g/mol. The van der Waals surface area contributed by atoms with Crippen molar-refractivity contribution >= 4 is 16.8 Å². The Bertz CT molecular complexity index is 626. The number of aryl methyl sites for hydroxylation is 1. The van der Waals surface area contributed by atoms with Crippen molar-refractivity contribution in [3.63, 3.8) is 0 Å². The number of hydrogen-bond donors (Lipinski definition) is 1. The van der Waals surface area contributed by atoms with Gasteiger partial charge in [0.25, 0.3) is 5.91 Å². The third-order valence-electron chi connectivity index (χ3n) is 2.84. The predicted molar refractivity (Wildman–Crippen MR) is 77.2 cm³/mol. The van der Waals surface area contributed by atoms with E-state index >= 15 is 0 Å². The summed E-state index contributed by atoms with van der Waals surface area (Å²) in [6.45, 7) is 4.35. The van der Waals surface area contributed by atoms with E-state index in [0.717, 1.165) is 22.3 Å². The molecule has 1 heterocycles. The predicted octanol–water partition coefficient (Wildman–Crippen LogP) is 2.07. The first-order valence-corrected chi connectivity index (χ1v) is 6.49. The van der Waals surface area contributed by atoms with Gasteiger partial charge in [-0.3, -0.25) is 9.78 Å². The smallest absolute Gasteiger partial charge is 0.257 e. The van der Waals surface area contributed by atoms with Gasteiger partial charge in [0.05, 0.1) is 12.6 Å². The molecule has 20 heavy (non-hydrogen) atoms. The fourth-order valence-corrected chi connectivity index (χ4v) is 1.94. The molecule has 1 aromatic carbocycles. The third-order valence-corrected chi connectivity index (χ3v) is 2.84. The van der Waals surface area contributed by atoms with E-state index in [2.05, 4.69) is 10.3 Å². The molecule has 0 aliphatic carbocycles. The maximum atomic E-state index is 11.5. The highest BCUT2D eigenvalue weighted by Crippen LogP contribution is 2.28. The highest BCUT2D eigenvalue weighted by molar-refractivity contribution is 5.87. The van der Waals surface area contributed by atoms with Crippen LogP contribution in [0.4, 0.5) is 0 Å². The van der Waals surface area contributed by atoms with Crippen LogP contribution in [0.15, 0.2) is 24.3 Å². The standard InChI is InChI=1S/C15H18N2O3/c1-4-16-15(18)9-20-14-7-10(2)17-13-8-11(19-3)5-6-12(13)14/h5-8H,4,9H2,1-3H3,(H,16,18). The van der Waals surface area contributed by atoms with Crippen molar-refractivity contribution < 1.29 is 14.3 Å². The van der Waals surface area contributed by atoms with Crippen LogP contribution in [0.25, 0.3) is 10.9 Å². The van der Waals surface area contributed by atoms with Crippen LogP contribution >= 0.6 is 0 Å². The quantitative estimate of drug-likeness (QED) is 0.906. The van der Waals surface area contributed by atoms with Crippen LogP contribution in [0.1, 0.15) is 12.6 Å². The normalized spacial score (nSPS) is 10.3. The summed E-state index contributed by atoms with van der Waals surface area (Å²) in [5.74, 6) is 1.26. The topological polar surface area (TPSA) is 60.5 Å². The first kappa shape index (κ1) is 14.1. The first-order chi connectivity index (χ1) is 9.63. The summed E-state index contributed by atoms with van der Waals surface area (Å²) in [6, 6.07) is 7.40. The number of likely N-dealkylation sites (N-methyl/N-ethyl adjacent to an activating group) is 1. The molecule has 0 spiro atoms. The van der Waals surface area contributed by atoms with Crippen molar-refractivity contribution in [3.8, 4) is 11.5 Å². The Balaban J connectivity index is 2.30. The van der Waals surface area contributed by atoms with Crippen molar-refractivity contribution in [2.45, 2.75) is 13.8 Å². The summed E-state index contributed by atoms with van der Waals surface area (Å²) in [5, 5.41) is 3.56. The van der Waals surface area contributed by atoms with Gasteiger partial charge in [-0.1, -0.05) is 0 Å². The number of methoxy groups -OCH3 is 1. The zero-order valence-electron chi connectivity index (χ0n) is 11.9. The average molecular weight is 274 g/mol. The van der Waals surface area contributed by atoms with E-state index < -0.39 is 0 Å². The highest BCUT2D eigenvalue weighted by atomic mass is 16.5. The van der Waals surface area contributed by atoms with Gasteiger partial charge >= 0.3 is 0 Å². The van der Waals surface area contributed by atoms with Gasteiger partial charge in [0.2, 0.25) is 0 Å². The minimum absolute atomic E-state index is 0.00156. The summed E-state index contributed by atoms with van der Waals surface area (Å²) in [4.78, 5) is 15.9. The number of fused-ring (bicyclic) bond motifs is 1. The molecule has 0 atom stereocenters. The van der Waals surface area contributed by atoms with E-state index in [1.807, 2.05) is 38.1 Å². The Kier molecular flexibility index (Phi) is 4.40. The van der Waals surface area contributed by atoms with Gasteiger partial charge in [0.15, 0.2) is 6.61 Å². The van der Waals surface area contributed by atoms with E-state index in [1.165, 1.54) is 0 Å². The molecule has 1 amide bonds. The van der Waals surface area contributed by atoms with Crippen LogP contribution in [0, 0.1) is 6.92 Å². The number of pyridine rings is 1. The lowest BCUT2D eigenvalue weighted by Gasteiger charge is -2.11. The number of nitrogens with one attached hydrogen (secondary N) is 1. The fourth-order valence-electron chi connectivity index (χ4n) is 1.94. The molecule has 1 aromatic heterocycles. The Morgan fingerprint density at radius 3 is 2.85 bits per heavy atom. The molecule has 0 radical (unpaired) electrons. The number of rotatable bonds is 5. The number of aromatic nitrogens is 1. The van der Waals surface area contributed by atoms with Crippen LogP contribution in [-0.4, -0.2) is 31.2 Å². The molecule has 0 saturated heterocycles. The number of carbonyl (C=O) groups excluding carboxylic acids is 1. The fraction of sp³-hybridized carbons (Fsp3) is 0.333. The van der Waals surface area contributed by atoms with Crippen LogP contribution in [0.2, 0.25) is 0 Å². The molecule has 106 valence electrons. The molecular weight excluding hydrogens is 256 g/mol. The molecular formula is C15H18N2O3. The van der Waals surface area contributed by atoms with Gasteiger partial charge < -0.3 is 14.8 Å². The SMILES string of the molecule is CCNC(=O)COc1cc(C)nc2cc(OC)ccc12. The second kappa shape index (κ2) is 6.23. The van der Waals surface area contributed by atoms with Crippen molar-refractivity contribution in [2.24, 2.45) is 0 Å². The molecule has 0 bridgehead atoms. The number of hydrogen-bond acceptors (Lipinski definition) is 4. The van der Waals surface area contributed by atoms with Crippen molar-refractivity contribution in [1.82, 2.24) is 10.3 Å². The molecule has 0 unspecified atom stereocenters.